The molecule has 26 heavy (non-hydrogen) atoms. The van der Waals surface area contributed by atoms with Crippen LogP contribution in [0.5, 0.6) is 5.75 Å². The molecule has 1 aliphatic rings. The van der Waals surface area contributed by atoms with Gasteiger partial charge in [0.05, 0.1) is 12.0 Å². The first kappa shape index (κ1) is 18.9. The summed E-state index contributed by atoms with van der Waals surface area (Å²) in [6, 6.07) is 16.0. The number of nitrogens with one attached hydrogen (secondary N) is 1. The van der Waals surface area contributed by atoms with Crippen molar-refractivity contribution in [3.8, 4) is 5.75 Å². The van der Waals surface area contributed by atoms with E-state index in [0.29, 0.717) is 11.9 Å². The SMILES string of the molecule is Cc1ccccc1CSCC(=O)N/N=C/c1cccc(OC2CSC2)c1. The molecule has 1 N–H and O–H groups in total. The molecule has 0 saturated carbocycles. The molecule has 1 aliphatic heterocycles. The molecule has 6 heteroatoms. The maximum atomic E-state index is 11.9. The Morgan fingerprint density at radius 3 is 2.92 bits per heavy atom. The number of amides is 1. The Morgan fingerprint density at radius 1 is 1.31 bits per heavy atom. The van der Waals surface area contributed by atoms with E-state index >= 15 is 0 Å². The number of aryl methyl sites for hydroxylation is 1. The molecular formula is C20H22N2O2S2. The van der Waals surface area contributed by atoms with Crippen LogP contribution in [-0.2, 0) is 10.5 Å². The highest BCUT2D eigenvalue weighted by atomic mass is 32.2. The van der Waals surface area contributed by atoms with E-state index in [9.17, 15) is 4.79 Å². The molecule has 0 radical (unpaired) electrons. The van der Waals surface area contributed by atoms with E-state index in [2.05, 4.69) is 29.6 Å². The predicted octanol–water partition coefficient (Wildman–Crippen LogP) is 3.87. The lowest BCUT2D eigenvalue weighted by Gasteiger charge is -2.25. The summed E-state index contributed by atoms with van der Waals surface area (Å²) < 4.78 is 5.85. The van der Waals surface area contributed by atoms with E-state index in [4.69, 9.17) is 4.74 Å². The maximum absolute atomic E-state index is 11.9. The van der Waals surface area contributed by atoms with Crippen LogP contribution >= 0.6 is 23.5 Å². The predicted molar refractivity (Wildman–Crippen MR) is 111 cm³/mol. The van der Waals surface area contributed by atoms with Crippen LogP contribution in [-0.4, -0.2) is 35.5 Å². The van der Waals surface area contributed by atoms with E-state index in [1.165, 1.54) is 11.1 Å². The molecule has 0 aliphatic carbocycles. The molecular weight excluding hydrogens is 364 g/mol. The highest BCUT2D eigenvalue weighted by Gasteiger charge is 2.19. The molecule has 2 aromatic carbocycles. The first-order chi connectivity index (χ1) is 12.7. The lowest BCUT2D eigenvalue weighted by molar-refractivity contribution is -0.118. The van der Waals surface area contributed by atoms with Crippen molar-refractivity contribution in [2.75, 3.05) is 17.3 Å². The summed E-state index contributed by atoms with van der Waals surface area (Å²) in [7, 11) is 0. The van der Waals surface area contributed by atoms with Gasteiger partial charge in [0.15, 0.2) is 0 Å². The molecule has 1 heterocycles. The van der Waals surface area contributed by atoms with Crippen LogP contribution in [0, 0.1) is 6.92 Å². The fraction of sp³-hybridized carbons (Fsp3) is 0.300. The van der Waals surface area contributed by atoms with Crippen LogP contribution in [0.1, 0.15) is 16.7 Å². The molecule has 0 spiro atoms. The number of carbonyl (C=O) groups is 1. The zero-order valence-corrected chi connectivity index (χ0v) is 16.3. The van der Waals surface area contributed by atoms with Crippen molar-refractivity contribution in [1.82, 2.24) is 5.43 Å². The molecule has 136 valence electrons. The molecule has 1 fully saturated rings. The van der Waals surface area contributed by atoms with Gasteiger partial charge < -0.3 is 4.74 Å². The second-order valence-electron chi connectivity index (χ2n) is 6.06. The number of nitrogens with zero attached hydrogens (tertiary/aromatic N) is 1. The fourth-order valence-corrected chi connectivity index (χ4v) is 3.84. The maximum Gasteiger partial charge on any atom is 0.250 e. The van der Waals surface area contributed by atoms with Gasteiger partial charge in [-0.05, 0) is 35.7 Å². The molecule has 1 amide bonds. The number of ether oxygens (including phenoxy) is 1. The van der Waals surface area contributed by atoms with Crippen molar-refractivity contribution < 1.29 is 9.53 Å². The molecule has 0 atom stereocenters. The van der Waals surface area contributed by atoms with Crippen molar-refractivity contribution in [1.29, 1.82) is 0 Å². The highest BCUT2D eigenvalue weighted by Crippen LogP contribution is 2.24. The minimum atomic E-state index is -0.0984. The number of hydrogen-bond donors (Lipinski definition) is 1. The third kappa shape index (κ3) is 5.81. The van der Waals surface area contributed by atoms with Crippen molar-refractivity contribution in [3.05, 3.63) is 65.2 Å². The van der Waals surface area contributed by atoms with Crippen molar-refractivity contribution >= 4 is 35.6 Å². The summed E-state index contributed by atoms with van der Waals surface area (Å²) in [5, 5.41) is 4.04. The zero-order chi connectivity index (χ0) is 18.2. The van der Waals surface area contributed by atoms with Crippen molar-refractivity contribution in [3.63, 3.8) is 0 Å². The van der Waals surface area contributed by atoms with Gasteiger partial charge in [-0.1, -0.05) is 36.4 Å². The summed E-state index contributed by atoms with van der Waals surface area (Å²) in [6.07, 6.45) is 1.96. The largest absolute Gasteiger partial charge is 0.489 e. The molecule has 4 nitrogen and oxygen atoms in total. The Hall–Kier alpha value is -1.92. The fourth-order valence-electron chi connectivity index (χ4n) is 2.38. The number of hydrogen-bond acceptors (Lipinski definition) is 5. The summed E-state index contributed by atoms with van der Waals surface area (Å²) >= 11 is 3.48. The lowest BCUT2D eigenvalue weighted by Crippen LogP contribution is -2.31. The number of thioether (sulfide) groups is 2. The summed E-state index contributed by atoms with van der Waals surface area (Å²) in [5.41, 5.74) is 6.00. The van der Waals surface area contributed by atoms with Gasteiger partial charge in [-0.3, -0.25) is 4.79 Å². The van der Waals surface area contributed by atoms with Crippen molar-refractivity contribution in [2.24, 2.45) is 5.10 Å². The molecule has 3 rings (SSSR count). The molecule has 1 saturated heterocycles. The van der Waals surface area contributed by atoms with Gasteiger partial charge in [0.1, 0.15) is 11.9 Å². The van der Waals surface area contributed by atoms with Gasteiger partial charge in [0.25, 0.3) is 0 Å². The third-order valence-electron chi connectivity index (χ3n) is 3.92. The second kappa shape index (κ2) is 9.69. The number of benzene rings is 2. The van der Waals surface area contributed by atoms with E-state index in [1.807, 2.05) is 48.2 Å². The first-order valence-electron chi connectivity index (χ1n) is 8.49. The Kier molecular flexibility index (Phi) is 7.03. The monoisotopic (exact) mass is 386 g/mol. The molecule has 0 aromatic heterocycles. The topological polar surface area (TPSA) is 50.7 Å². The van der Waals surface area contributed by atoms with E-state index in [0.717, 1.165) is 28.6 Å². The smallest absolute Gasteiger partial charge is 0.250 e. The minimum Gasteiger partial charge on any atom is -0.489 e. The summed E-state index contributed by atoms with van der Waals surface area (Å²) in [6.45, 7) is 2.09. The van der Waals surface area contributed by atoms with E-state index in [1.54, 1.807) is 18.0 Å². The summed E-state index contributed by atoms with van der Waals surface area (Å²) in [5.74, 6) is 4.05. The van der Waals surface area contributed by atoms with Crippen LogP contribution in [0.3, 0.4) is 0 Å². The quantitative estimate of drug-likeness (QED) is 0.553. The van der Waals surface area contributed by atoms with Crippen LogP contribution in [0.4, 0.5) is 0 Å². The van der Waals surface area contributed by atoms with Gasteiger partial charge in [0.2, 0.25) is 5.91 Å². The molecule has 2 aromatic rings. The van der Waals surface area contributed by atoms with Gasteiger partial charge in [-0.2, -0.15) is 16.9 Å². The van der Waals surface area contributed by atoms with Crippen LogP contribution in [0.2, 0.25) is 0 Å². The van der Waals surface area contributed by atoms with Gasteiger partial charge >= 0.3 is 0 Å². The average Bonchev–Trinajstić information content (AvgIpc) is 2.60. The van der Waals surface area contributed by atoms with Gasteiger partial charge in [-0.15, -0.1) is 11.8 Å². The number of hydrazone groups is 1. The minimum absolute atomic E-state index is 0.0984. The zero-order valence-electron chi connectivity index (χ0n) is 14.7. The molecule has 0 unspecified atom stereocenters. The van der Waals surface area contributed by atoms with Crippen LogP contribution in [0.25, 0.3) is 0 Å². The Balaban J connectivity index is 1.41. The molecule has 0 bridgehead atoms. The standard InChI is InChI=1S/C20H22N2O2S2/c1-15-5-2-3-7-17(15)11-25-14-20(23)22-21-10-16-6-4-8-18(9-16)24-19-12-26-13-19/h2-10,19H,11-14H2,1H3,(H,22,23)/b21-10+. The van der Waals surface area contributed by atoms with Gasteiger partial charge in [-0.25, -0.2) is 5.43 Å². The van der Waals surface area contributed by atoms with Crippen LogP contribution in [0.15, 0.2) is 53.6 Å². The Morgan fingerprint density at radius 2 is 2.15 bits per heavy atom. The number of carbonyl (C=O) groups excluding carboxylic acids is 1. The lowest BCUT2D eigenvalue weighted by atomic mass is 10.1. The normalized spacial score (nSPS) is 14.2. The van der Waals surface area contributed by atoms with Crippen molar-refractivity contribution in [2.45, 2.75) is 18.8 Å². The number of rotatable bonds is 8. The average molecular weight is 387 g/mol. The van der Waals surface area contributed by atoms with Crippen LogP contribution < -0.4 is 10.2 Å². The van der Waals surface area contributed by atoms with E-state index < -0.39 is 0 Å². The van der Waals surface area contributed by atoms with E-state index in [-0.39, 0.29) is 5.91 Å². The first-order valence-corrected chi connectivity index (χ1v) is 10.8. The third-order valence-corrected chi connectivity index (χ3v) is 6.12. The second-order valence-corrected chi connectivity index (χ2v) is 8.12. The Labute approximate surface area is 162 Å². The highest BCUT2D eigenvalue weighted by molar-refractivity contribution is 8.00. The Bertz CT molecular complexity index is 776. The van der Waals surface area contributed by atoms with Gasteiger partial charge in [0, 0.05) is 17.3 Å². The summed E-state index contributed by atoms with van der Waals surface area (Å²) in [4.78, 5) is 11.9.